The second-order valence-electron chi connectivity index (χ2n) is 8.32. The van der Waals surface area contributed by atoms with Gasteiger partial charge in [-0.2, -0.15) is 0 Å². The molecule has 2 unspecified atom stereocenters. The smallest absolute Gasteiger partial charge is 0.408 e. The molecule has 0 spiro atoms. The van der Waals surface area contributed by atoms with Crippen LogP contribution in [-0.4, -0.2) is 61.1 Å². The lowest BCUT2D eigenvalue weighted by Crippen LogP contribution is -2.51. The molecule has 0 aliphatic carbocycles. The molecule has 0 aromatic heterocycles. The molecule has 1 aromatic rings. The topological polar surface area (TPSA) is 114 Å². The number of methoxy groups -OCH3 is 1. The van der Waals surface area contributed by atoms with Crippen molar-refractivity contribution in [2.24, 2.45) is 0 Å². The fourth-order valence-electron chi connectivity index (χ4n) is 3.07. The number of nitrogens with one attached hydrogen (secondary N) is 2. The van der Waals surface area contributed by atoms with Crippen molar-refractivity contribution >= 4 is 23.9 Å². The van der Waals surface area contributed by atoms with Gasteiger partial charge in [-0.3, -0.25) is 14.4 Å². The Morgan fingerprint density at radius 1 is 1.10 bits per heavy atom. The van der Waals surface area contributed by atoms with E-state index in [-0.39, 0.29) is 6.54 Å². The summed E-state index contributed by atoms with van der Waals surface area (Å²) in [5.74, 6) is -1.64. The molecular formula is C22H33N3O6. The van der Waals surface area contributed by atoms with E-state index in [1.165, 1.54) is 26.0 Å². The fraction of sp³-hybridized carbons (Fsp3) is 0.545. The molecular weight excluding hydrogens is 402 g/mol. The molecule has 0 heterocycles. The van der Waals surface area contributed by atoms with Gasteiger partial charge in [-0.15, -0.1) is 0 Å². The van der Waals surface area contributed by atoms with E-state index in [0.717, 1.165) is 11.1 Å². The second kappa shape index (κ2) is 10.8. The highest BCUT2D eigenvalue weighted by Crippen LogP contribution is 2.27. The largest absolute Gasteiger partial charge is 0.468 e. The molecule has 0 fully saturated rings. The van der Waals surface area contributed by atoms with Gasteiger partial charge in [0.2, 0.25) is 11.8 Å². The minimum Gasteiger partial charge on any atom is -0.468 e. The molecule has 31 heavy (non-hydrogen) atoms. The Morgan fingerprint density at radius 3 is 2.13 bits per heavy atom. The first kappa shape index (κ1) is 25.9. The Bertz CT molecular complexity index is 811. The van der Waals surface area contributed by atoms with Crippen molar-refractivity contribution in [1.29, 1.82) is 0 Å². The van der Waals surface area contributed by atoms with Crippen molar-refractivity contribution in [2.75, 3.05) is 20.7 Å². The molecule has 0 bridgehead atoms. The number of esters is 1. The molecule has 172 valence electrons. The lowest BCUT2D eigenvalue weighted by Gasteiger charge is -2.32. The van der Waals surface area contributed by atoms with E-state index in [1.807, 2.05) is 32.0 Å². The maximum absolute atomic E-state index is 13.1. The molecule has 3 amide bonds. The number of likely N-dealkylation sites (N-methyl/N-ethyl adjacent to an activating group) is 1. The number of alkyl carbamates (subject to hydrolysis) is 1. The van der Waals surface area contributed by atoms with Crippen LogP contribution in [0.4, 0.5) is 4.79 Å². The minimum absolute atomic E-state index is 0.329. The predicted octanol–water partition coefficient (Wildman–Crippen LogP) is 2.01. The van der Waals surface area contributed by atoms with Crippen LogP contribution >= 0.6 is 0 Å². The lowest BCUT2D eigenvalue weighted by molar-refractivity contribution is -0.143. The number of hydrogen-bond acceptors (Lipinski definition) is 6. The SMILES string of the molecule is COC(=O)CNC(=O)C(c1c(C)cccc1C)N(C)C(=O)C(C)NC(=O)OC(C)(C)C. The monoisotopic (exact) mass is 435 g/mol. The minimum atomic E-state index is -1.01. The van der Waals surface area contributed by atoms with Gasteiger partial charge in [-0.05, 0) is 58.2 Å². The van der Waals surface area contributed by atoms with E-state index >= 15 is 0 Å². The lowest BCUT2D eigenvalue weighted by atomic mass is 9.94. The van der Waals surface area contributed by atoms with Crippen LogP contribution in [0.15, 0.2) is 18.2 Å². The number of hydrogen-bond donors (Lipinski definition) is 2. The standard InChI is InChI=1S/C22H33N3O6/c1-13-10-9-11-14(2)17(13)18(19(27)23-12-16(26)30-8)25(7)20(28)15(3)24-21(29)31-22(4,5)6/h9-11,15,18H,12H2,1-8H3,(H,23,27)(H,24,29). The highest BCUT2D eigenvalue weighted by atomic mass is 16.6. The molecule has 1 rings (SSSR count). The Morgan fingerprint density at radius 2 is 1.65 bits per heavy atom. The van der Waals surface area contributed by atoms with Crippen molar-refractivity contribution in [3.63, 3.8) is 0 Å². The highest BCUT2D eigenvalue weighted by Gasteiger charge is 2.34. The number of ether oxygens (including phenoxy) is 2. The van der Waals surface area contributed by atoms with Gasteiger partial charge in [0.05, 0.1) is 7.11 Å². The third kappa shape index (κ3) is 7.58. The van der Waals surface area contributed by atoms with E-state index in [9.17, 15) is 19.2 Å². The summed E-state index contributed by atoms with van der Waals surface area (Å²) in [5, 5.41) is 5.01. The predicted molar refractivity (Wildman–Crippen MR) is 115 cm³/mol. The van der Waals surface area contributed by atoms with E-state index in [0.29, 0.717) is 5.56 Å². The van der Waals surface area contributed by atoms with E-state index in [1.54, 1.807) is 20.8 Å². The molecule has 9 heteroatoms. The summed E-state index contributed by atoms with van der Waals surface area (Å²) in [6.07, 6.45) is -0.736. The number of rotatable bonds is 7. The maximum atomic E-state index is 13.1. The van der Waals surface area contributed by atoms with Gasteiger partial charge in [-0.25, -0.2) is 4.79 Å². The Hall–Kier alpha value is -3.10. The maximum Gasteiger partial charge on any atom is 0.408 e. The Labute approximate surface area is 183 Å². The van der Waals surface area contributed by atoms with E-state index in [2.05, 4.69) is 15.4 Å². The van der Waals surface area contributed by atoms with Crippen LogP contribution in [0.2, 0.25) is 0 Å². The first-order chi connectivity index (χ1) is 14.3. The summed E-state index contributed by atoms with van der Waals surface area (Å²) < 4.78 is 9.76. The van der Waals surface area contributed by atoms with Crippen LogP contribution in [0.1, 0.15) is 50.4 Å². The number of carbonyl (C=O) groups is 4. The summed E-state index contributed by atoms with van der Waals surface area (Å²) in [7, 11) is 2.70. The van der Waals surface area contributed by atoms with Gasteiger partial charge in [0.25, 0.3) is 0 Å². The molecule has 1 aromatic carbocycles. The summed E-state index contributed by atoms with van der Waals surface area (Å²) in [5.41, 5.74) is 1.55. The van der Waals surface area contributed by atoms with Crippen molar-refractivity contribution < 1.29 is 28.7 Å². The van der Waals surface area contributed by atoms with Gasteiger partial charge in [0.1, 0.15) is 24.2 Å². The van der Waals surface area contributed by atoms with Gasteiger partial charge in [-0.1, -0.05) is 18.2 Å². The molecule has 2 N–H and O–H groups in total. The van der Waals surface area contributed by atoms with Crippen molar-refractivity contribution in [1.82, 2.24) is 15.5 Å². The normalized spacial score (nSPS) is 12.9. The number of carbonyl (C=O) groups excluding carboxylic acids is 4. The van der Waals surface area contributed by atoms with Gasteiger partial charge >= 0.3 is 12.1 Å². The third-order valence-corrected chi connectivity index (χ3v) is 4.54. The number of nitrogens with zero attached hydrogens (tertiary/aromatic N) is 1. The average molecular weight is 436 g/mol. The van der Waals surface area contributed by atoms with Gasteiger partial charge < -0.3 is 25.0 Å². The quantitative estimate of drug-likeness (QED) is 0.633. The number of aryl methyl sites for hydroxylation is 2. The number of amides is 3. The van der Waals surface area contributed by atoms with E-state index < -0.39 is 41.6 Å². The molecule has 0 saturated carbocycles. The van der Waals surface area contributed by atoms with Crippen LogP contribution in [0.25, 0.3) is 0 Å². The molecule has 0 aliphatic rings. The average Bonchev–Trinajstić information content (AvgIpc) is 2.65. The zero-order valence-electron chi connectivity index (χ0n) is 19.5. The molecule has 2 atom stereocenters. The zero-order valence-corrected chi connectivity index (χ0v) is 19.5. The summed E-state index contributed by atoms with van der Waals surface area (Å²) >= 11 is 0. The fourth-order valence-corrected chi connectivity index (χ4v) is 3.07. The second-order valence-corrected chi connectivity index (χ2v) is 8.32. The van der Waals surface area contributed by atoms with Crippen LogP contribution in [0, 0.1) is 13.8 Å². The molecule has 0 radical (unpaired) electrons. The highest BCUT2D eigenvalue weighted by molar-refractivity contribution is 5.93. The summed E-state index contributed by atoms with van der Waals surface area (Å²) in [4.78, 5) is 50.9. The molecule has 9 nitrogen and oxygen atoms in total. The first-order valence-electron chi connectivity index (χ1n) is 9.95. The zero-order chi connectivity index (χ0) is 23.9. The van der Waals surface area contributed by atoms with Crippen molar-refractivity contribution in [3.8, 4) is 0 Å². The Balaban J connectivity index is 3.17. The number of benzene rings is 1. The van der Waals surface area contributed by atoms with Gasteiger partial charge in [0.15, 0.2) is 0 Å². The first-order valence-corrected chi connectivity index (χ1v) is 9.95. The third-order valence-electron chi connectivity index (χ3n) is 4.54. The van der Waals surface area contributed by atoms with Crippen molar-refractivity contribution in [3.05, 3.63) is 34.9 Å². The van der Waals surface area contributed by atoms with Crippen LogP contribution in [0.5, 0.6) is 0 Å². The van der Waals surface area contributed by atoms with Crippen LogP contribution in [0.3, 0.4) is 0 Å². The van der Waals surface area contributed by atoms with Crippen LogP contribution in [-0.2, 0) is 23.9 Å². The summed E-state index contributed by atoms with van der Waals surface area (Å²) in [6, 6.07) is 3.57. The van der Waals surface area contributed by atoms with Crippen molar-refractivity contribution in [2.45, 2.75) is 59.2 Å². The Kier molecular flexibility index (Phi) is 9.02. The molecule has 0 aliphatic heterocycles. The molecule has 0 saturated heterocycles. The van der Waals surface area contributed by atoms with Crippen LogP contribution < -0.4 is 10.6 Å². The van der Waals surface area contributed by atoms with E-state index in [4.69, 9.17) is 4.74 Å². The van der Waals surface area contributed by atoms with Gasteiger partial charge in [0, 0.05) is 7.05 Å². The summed E-state index contributed by atoms with van der Waals surface area (Å²) in [6.45, 7) is 10.0.